The van der Waals surface area contributed by atoms with Crippen molar-refractivity contribution >= 4 is 0 Å². The van der Waals surface area contributed by atoms with Gasteiger partial charge in [0.1, 0.15) is 5.76 Å². The molecule has 0 atom stereocenters. The van der Waals surface area contributed by atoms with E-state index in [-0.39, 0.29) is 0 Å². The zero-order chi connectivity index (χ0) is 10.1. The van der Waals surface area contributed by atoms with E-state index >= 15 is 0 Å². The molecule has 0 fully saturated rings. The highest BCUT2D eigenvalue weighted by atomic mass is 16.3. The summed E-state index contributed by atoms with van der Waals surface area (Å²) in [5.41, 5.74) is 0. The predicted molar refractivity (Wildman–Crippen MR) is 58.4 cm³/mol. The Morgan fingerprint density at radius 2 is 2.07 bits per heavy atom. The van der Waals surface area contributed by atoms with Gasteiger partial charge in [0.05, 0.1) is 6.26 Å². The molecule has 0 unspecified atom stereocenters. The van der Waals surface area contributed by atoms with E-state index < -0.39 is 0 Å². The van der Waals surface area contributed by atoms with Crippen LogP contribution in [0.2, 0.25) is 0 Å². The first-order valence-corrected chi connectivity index (χ1v) is 5.31. The molecule has 0 aromatic carbocycles. The Balaban J connectivity index is 1.85. The second kappa shape index (κ2) is 7.59. The molecular formula is C11H20N2O. The number of rotatable bonds is 8. The van der Waals surface area contributed by atoms with E-state index in [0.717, 1.165) is 31.8 Å². The zero-order valence-electron chi connectivity index (χ0n) is 8.88. The van der Waals surface area contributed by atoms with Crippen molar-refractivity contribution in [1.82, 2.24) is 10.6 Å². The van der Waals surface area contributed by atoms with Gasteiger partial charge in [-0.3, -0.25) is 0 Å². The van der Waals surface area contributed by atoms with Gasteiger partial charge in [0.25, 0.3) is 0 Å². The van der Waals surface area contributed by atoms with Crippen molar-refractivity contribution in [3.05, 3.63) is 24.2 Å². The molecule has 2 N–H and O–H groups in total. The van der Waals surface area contributed by atoms with Crippen molar-refractivity contribution in [2.45, 2.75) is 19.3 Å². The molecule has 0 aliphatic rings. The van der Waals surface area contributed by atoms with Crippen LogP contribution >= 0.6 is 0 Å². The quantitative estimate of drug-likeness (QED) is 0.617. The molecule has 3 heteroatoms. The van der Waals surface area contributed by atoms with Crippen LogP contribution in [0.1, 0.15) is 18.6 Å². The molecule has 0 amide bonds. The smallest absolute Gasteiger partial charge is 0.105 e. The zero-order valence-corrected chi connectivity index (χ0v) is 8.88. The molecule has 0 saturated carbocycles. The third-order valence-corrected chi connectivity index (χ3v) is 2.16. The van der Waals surface area contributed by atoms with E-state index in [2.05, 4.69) is 10.6 Å². The van der Waals surface area contributed by atoms with Gasteiger partial charge < -0.3 is 15.1 Å². The number of furan rings is 1. The fraction of sp³-hybridized carbons (Fsp3) is 0.636. The highest BCUT2D eigenvalue weighted by molar-refractivity contribution is 4.98. The molecule has 1 rings (SSSR count). The van der Waals surface area contributed by atoms with E-state index in [4.69, 9.17) is 4.42 Å². The minimum Gasteiger partial charge on any atom is -0.469 e. The third-order valence-electron chi connectivity index (χ3n) is 2.16. The summed E-state index contributed by atoms with van der Waals surface area (Å²) >= 11 is 0. The van der Waals surface area contributed by atoms with Crippen molar-refractivity contribution in [2.24, 2.45) is 0 Å². The fourth-order valence-electron chi connectivity index (χ4n) is 1.34. The van der Waals surface area contributed by atoms with Crippen LogP contribution in [-0.2, 0) is 6.42 Å². The summed E-state index contributed by atoms with van der Waals surface area (Å²) in [5.74, 6) is 1.06. The van der Waals surface area contributed by atoms with Gasteiger partial charge in [-0.1, -0.05) is 0 Å². The highest BCUT2D eigenvalue weighted by Gasteiger charge is 1.94. The average Bonchev–Trinajstić information content (AvgIpc) is 2.69. The lowest BCUT2D eigenvalue weighted by Gasteiger charge is -2.02. The van der Waals surface area contributed by atoms with Crippen LogP contribution in [0, 0.1) is 0 Å². The van der Waals surface area contributed by atoms with Gasteiger partial charge in [-0.25, -0.2) is 0 Å². The fourth-order valence-corrected chi connectivity index (χ4v) is 1.34. The largest absolute Gasteiger partial charge is 0.469 e. The van der Waals surface area contributed by atoms with Crippen molar-refractivity contribution in [2.75, 3.05) is 26.7 Å². The van der Waals surface area contributed by atoms with Gasteiger partial charge in [0.15, 0.2) is 0 Å². The number of hydrogen-bond acceptors (Lipinski definition) is 3. The topological polar surface area (TPSA) is 37.2 Å². The first kappa shape index (κ1) is 11.3. The standard InChI is InChI=1S/C11H20N2O/c1-12-7-2-3-8-13-9-6-11-5-4-10-14-11/h4-5,10,12-13H,2-3,6-9H2,1H3. The number of unbranched alkanes of at least 4 members (excludes halogenated alkanes) is 1. The van der Waals surface area contributed by atoms with Crippen LogP contribution in [-0.4, -0.2) is 26.7 Å². The maximum absolute atomic E-state index is 5.23. The van der Waals surface area contributed by atoms with Crippen molar-refractivity contribution in [3.63, 3.8) is 0 Å². The Morgan fingerprint density at radius 3 is 2.79 bits per heavy atom. The van der Waals surface area contributed by atoms with Gasteiger partial charge in [-0.05, 0) is 45.1 Å². The Hall–Kier alpha value is -0.800. The molecule has 0 spiro atoms. The molecule has 1 aromatic heterocycles. The van der Waals surface area contributed by atoms with Crippen molar-refractivity contribution in [1.29, 1.82) is 0 Å². The van der Waals surface area contributed by atoms with Crippen molar-refractivity contribution < 1.29 is 4.42 Å². The Kier molecular flexibility index (Phi) is 6.11. The molecule has 0 bridgehead atoms. The Labute approximate surface area is 85.9 Å². The third kappa shape index (κ3) is 5.04. The van der Waals surface area contributed by atoms with Crippen molar-refractivity contribution in [3.8, 4) is 0 Å². The summed E-state index contributed by atoms with van der Waals surface area (Å²) in [4.78, 5) is 0. The highest BCUT2D eigenvalue weighted by Crippen LogP contribution is 1.99. The average molecular weight is 196 g/mol. The molecule has 1 heterocycles. The van der Waals surface area contributed by atoms with Crippen LogP contribution in [0.15, 0.2) is 22.8 Å². The minimum absolute atomic E-state index is 0.985. The van der Waals surface area contributed by atoms with Crippen LogP contribution in [0.4, 0.5) is 0 Å². The van der Waals surface area contributed by atoms with E-state index in [1.165, 1.54) is 12.8 Å². The summed E-state index contributed by atoms with van der Waals surface area (Å²) in [7, 11) is 1.99. The van der Waals surface area contributed by atoms with Crippen LogP contribution in [0.25, 0.3) is 0 Å². The summed E-state index contributed by atoms with van der Waals surface area (Å²) in [5, 5.41) is 6.53. The van der Waals surface area contributed by atoms with Crippen LogP contribution in [0.5, 0.6) is 0 Å². The second-order valence-corrected chi connectivity index (χ2v) is 3.39. The van der Waals surface area contributed by atoms with Gasteiger partial charge in [-0.2, -0.15) is 0 Å². The van der Waals surface area contributed by atoms with E-state index in [9.17, 15) is 0 Å². The van der Waals surface area contributed by atoms with Crippen LogP contribution < -0.4 is 10.6 Å². The lowest BCUT2D eigenvalue weighted by atomic mass is 10.3. The lowest BCUT2D eigenvalue weighted by molar-refractivity contribution is 0.496. The van der Waals surface area contributed by atoms with E-state index in [1.54, 1.807) is 6.26 Å². The first-order chi connectivity index (χ1) is 6.93. The molecule has 0 saturated heterocycles. The molecule has 0 aliphatic carbocycles. The second-order valence-electron chi connectivity index (χ2n) is 3.39. The van der Waals surface area contributed by atoms with E-state index in [0.29, 0.717) is 0 Å². The summed E-state index contributed by atoms with van der Waals surface area (Å²) in [6.45, 7) is 3.22. The van der Waals surface area contributed by atoms with Gasteiger partial charge in [0.2, 0.25) is 0 Å². The molecule has 1 aromatic rings. The van der Waals surface area contributed by atoms with Gasteiger partial charge in [0, 0.05) is 13.0 Å². The molecule has 80 valence electrons. The number of nitrogens with one attached hydrogen (secondary N) is 2. The molecule has 0 radical (unpaired) electrons. The normalized spacial score (nSPS) is 10.6. The lowest BCUT2D eigenvalue weighted by Crippen LogP contribution is -2.19. The summed E-state index contributed by atoms with van der Waals surface area (Å²) < 4.78 is 5.23. The monoisotopic (exact) mass is 196 g/mol. The van der Waals surface area contributed by atoms with E-state index in [1.807, 2.05) is 19.2 Å². The summed E-state index contributed by atoms with van der Waals surface area (Å²) in [6, 6.07) is 3.95. The summed E-state index contributed by atoms with van der Waals surface area (Å²) in [6.07, 6.45) is 5.19. The molecule has 14 heavy (non-hydrogen) atoms. The Morgan fingerprint density at radius 1 is 1.21 bits per heavy atom. The Bertz CT molecular complexity index is 209. The van der Waals surface area contributed by atoms with Gasteiger partial charge in [-0.15, -0.1) is 0 Å². The SMILES string of the molecule is CNCCCCNCCc1ccco1. The predicted octanol–water partition coefficient (Wildman–Crippen LogP) is 1.41. The maximum Gasteiger partial charge on any atom is 0.105 e. The molecule has 3 nitrogen and oxygen atoms in total. The minimum atomic E-state index is 0.985. The molecule has 0 aliphatic heterocycles. The number of hydrogen-bond donors (Lipinski definition) is 2. The first-order valence-electron chi connectivity index (χ1n) is 5.31. The molecular weight excluding hydrogens is 176 g/mol. The maximum atomic E-state index is 5.23. The van der Waals surface area contributed by atoms with Crippen LogP contribution in [0.3, 0.4) is 0 Å². The van der Waals surface area contributed by atoms with Gasteiger partial charge >= 0.3 is 0 Å².